The third kappa shape index (κ3) is 2.90. The zero-order valence-electron chi connectivity index (χ0n) is 11.8. The second-order valence-corrected chi connectivity index (χ2v) is 5.07. The Morgan fingerprint density at radius 1 is 1.43 bits per heavy atom. The topological polar surface area (TPSA) is 76.1 Å². The lowest BCUT2D eigenvalue weighted by Crippen LogP contribution is -2.27. The molecular formula is C14H16ClNO5. The van der Waals surface area contributed by atoms with Crippen molar-refractivity contribution in [1.82, 2.24) is 0 Å². The molecule has 1 unspecified atom stereocenters. The van der Waals surface area contributed by atoms with E-state index in [4.69, 9.17) is 21.1 Å². The van der Waals surface area contributed by atoms with Gasteiger partial charge in [0.15, 0.2) is 0 Å². The van der Waals surface area contributed by atoms with Crippen LogP contribution in [-0.2, 0) is 4.79 Å². The summed E-state index contributed by atoms with van der Waals surface area (Å²) in [6, 6.07) is 3.01. The maximum atomic E-state index is 12.1. The molecule has 1 aliphatic rings. The number of anilines is 1. The summed E-state index contributed by atoms with van der Waals surface area (Å²) in [7, 11) is 2.84. The van der Waals surface area contributed by atoms with Gasteiger partial charge in [-0.05, 0) is 5.92 Å². The number of aromatic carboxylic acids is 1. The summed E-state index contributed by atoms with van der Waals surface area (Å²) in [5, 5.41) is 9.43. The fraction of sp³-hybridized carbons (Fsp3) is 0.429. The quantitative estimate of drug-likeness (QED) is 0.841. The molecule has 0 saturated carbocycles. The Morgan fingerprint density at radius 2 is 2.14 bits per heavy atom. The smallest absolute Gasteiger partial charge is 0.341 e. The van der Waals surface area contributed by atoms with Crippen molar-refractivity contribution in [3.05, 3.63) is 17.7 Å². The first-order chi connectivity index (χ1) is 10.0. The summed E-state index contributed by atoms with van der Waals surface area (Å²) in [5.74, 6) is -0.373. The van der Waals surface area contributed by atoms with Crippen molar-refractivity contribution in [1.29, 1.82) is 0 Å². The van der Waals surface area contributed by atoms with Gasteiger partial charge >= 0.3 is 5.97 Å². The van der Waals surface area contributed by atoms with E-state index in [0.29, 0.717) is 24.6 Å². The highest BCUT2D eigenvalue weighted by atomic mass is 35.5. The molecule has 1 saturated heterocycles. The van der Waals surface area contributed by atoms with Crippen molar-refractivity contribution in [3.8, 4) is 11.5 Å². The molecule has 2 rings (SSSR count). The van der Waals surface area contributed by atoms with Gasteiger partial charge < -0.3 is 19.5 Å². The van der Waals surface area contributed by atoms with Gasteiger partial charge in [0, 0.05) is 31.0 Å². The van der Waals surface area contributed by atoms with Gasteiger partial charge in [0.25, 0.3) is 0 Å². The molecule has 0 spiro atoms. The molecule has 1 aliphatic heterocycles. The number of ether oxygens (including phenoxy) is 2. The van der Waals surface area contributed by atoms with Crippen LogP contribution in [-0.4, -0.2) is 43.6 Å². The largest absolute Gasteiger partial charge is 0.497 e. The Balaban J connectivity index is 2.55. The number of benzene rings is 1. The SMILES string of the molecule is COc1cc(OC)c(C(=O)O)c(N2CC(CCl)CC2=O)c1. The number of nitrogens with zero attached hydrogens (tertiary/aromatic N) is 1. The zero-order valence-corrected chi connectivity index (χ0v) is 12.5. The summed E-state index contributed by atoms with van der Waals surface area (Å²) in [6.45, 7) is 0.388. The molecule has 1 aromatic rings. The Morgan fingerprint density at radius 3 is 2.62 bits per heavy atom. The van der Waals surface area contributed by atoms with E-state index < -0.39 is 5.97 Å². The maximum Gasteiger partial charge on any atom is 0.341 e. The van der Waals surface area contributed by atoms with Gasteiger partial charge in [-0.25, -0.2) is 4.79 Å². The number of carboxylic acids is 1. The van der Waals surface area contributed by atoms with Crippen LogP contribution in [0.2, 0.25) is 0 Å². The number of hydrogen-bond donors (Lipinski definition) is 1. The van der Waals surface area contributed by atoms with E-state index in [1.165, 1.54) is 31.3 Å². The van der Waals surface area contributed by atoms with Crippen molar-refractivity contribution in [2.45, 2.75) is 6.42 Å². The molecule has 0 aliphatic carbocycles. The number of amides is 1. The van der Waals surface area contributed by atoms with Gasteiger partial charge in [-0.15, -0.1) is 11.6 Å². The number of hydrogen-bond acceptors (Lipinski definition) is 4. The monoisotopic (exact) mass is 313 g/mol. The standard InChI is InChI=1S/C14H16ClNO5/c1-20-9-4-10(13(14(18)19)11(5-9)21-2)16-7-8(6-15)3-12(16)17/h4-5,8H,3,6-7H2,1-2H3,(H,18,19). The zero-order chi connectivity index (χ0) is 15.6. The summed E-state index contributed by atoms with van der Waals surface area (Å²) in [5.41, 5.74) is 0.221. The van der Waals surface area contributed by atoms with Gasteiger partial charge in [0.2, 0.25) is 5.91 Å². The first-order valence-electron chi connectivity index (χ1n) is 6.37. The molecule has 0 aromatic heterocycles. The maximum absolute atomic E-state index is 12.1. The van der Waals surface area contributed by atoms with E-state index in [1.807, 2.05) is 0 Å². The molecule has 1 fully saturated rings. The normalized spacial score (nSPS) is 18.0. The van der Waals surface area contributed by atoms with Crippen LogP contribution in [0.15, 0.2) is 12.1 Å². The summed E-state index contributed by atoms with van der Waals surface area (Å²) in [4.78, 5) is 25.1. The predicted molar refractivity (Wildman–Crippen MR) is 77.7 cm³/mol. The fourth-order valence-corrected chi connectivity index (χ4v) is 2.61. The number of carbonyl (C=O) groups is 2. The molecule has 1 heterocycles. The molecule has 1 N–H and O–H groups in total. The second-order valence-electron chi connectivity index (χ2n) is 4.76. The lowest BCUT2D eigenvalue weighted by molar-refractivity contribution is -0.117. The van der Waals surface area contributed by atoms with E-state index in [-0.39, 0.29) is 28.8 Å². The molecule has 114 valence electrons. The Kier molecular flexibility index (Phi) is 4.57. The Bertz CT molecular complexity index is 575. The van der Waals surface area contributed by atoms with E-state index in [0.717, 1.165) is 0 Å². The minimum absolute atomic E-state index is 0.0120. The van der Waals surface area contributed by atoms with Crippen LogP contribution >= 0.6 is 11.6 Å². The molecule has 7 heteroatoms. The number of alkyl halides is 1. The van der Waals surface area contributed by atoms with Crippen LogP contribution in [0.3, 0.4) is 0 Å². The lowest BCUT2D eigenvalue weighted by Gasteiger charge is -2.21. The van der Waals surface area contributed by atoms with Crippen LogP contribution in [0.1, 0.15) is 16.8 Å². The van der Waals surface area contributed by atoms with E-state index in [1.54, 1.807) is 0 Å². The van der Waals surface area contributed by atoms with Gasteiger partial charge in [-0.1, -0.05) is 0 Å². The minimum Gasteiger partial charge on any atom is -0.497 e. The molecule has 0 radical (unpaired) electrons. The molecule has 1 atom stereocenters. The molecular weight excluding hydrogens is 298 g/mol. The minimum atomic E-state index is -1.16. The Hall–Kier alpha value is -1.95. The first kappa shape index (κ1) is 15.4. The van der Waals surface area contributed by atoms with Crippen molar-refractivity contribution < 1.29 is 24.2 Å². The van der Waals surface area contributed by atoms with Crippen LogP contribution in [0, 0.1) is 5.92 Å². The van der Waals surface area contributed by atoms with Crippen molar-refractivity contribution >= 4 is 29.2 Å². The Labute approximate surface area is 127 Å². The van der Waals surface area contributed by atoms with E-state index in [2.05, 4.69) is 0 Å². The van der Waals surface area contributed by atoms with Gasteiger partial charge in [-0.2, -0.15) is 0 Å². The average Bonchev–Trinajstić information content (AvgIpc) is 2.86. The van der Waals surface area contributed by atoms with Crippen LogP contribution in [0.4, 0.5) is 5.69 Å². The van der Waals surface area contributed by atoms with Crippen molar-refractivity contribution in [3.63, 3.8) is 0 Å². The van der Waals surface area contributed by atoms with Crippen LogP contribution < -0.4 is 14.4 Å². The molecule has 1 aromatic carbocycles. The predicted octanol–water partition coefficient (Wildman–Crippen LogP) is 1.99. The van der Waals surface area contributed by atoms with Crippen LogP contribution in [0.25, 0.3) is 0 Å². The number of carbonyl (C=O) groups excluding carboxylic acids is 1. The second kappa shape index (κ2) is 6.22. The van der Waals surface area contributed by atoms with Gasteiger partial charge in [0.05, 0.1) is 19.9 Å². The first-order valence-corrected chi connectivity index (χ1v) is 6.90. The lowest BCUT2D eigenvalue weighted by atomic mass is 10.1. The summed E-state index contributed by atoms with van der Waals surface area (Å²) < 4.78 is 10.3. The molecule has 6 nitrogen and oxygen atoms in total. The van der Waals surface area contributed by atoms with Crippen molar-refractivity contribution in [2.75, 3.05) is 31.5 Å². The third-order valence-corrected chi connectivity index (χ3v) is 3.87. The third-order valence-electron chi connectivity index (χ3n) is 3.44. The molecule has 1 amide bonds. The van der Waals surface area contributed by atoms with Crippen molar-refractivity contribution in [2.24, 2.45) is 5.92 Å². The fourth-order valence-electron chi connectivity index (χ4n) is 2.40. The highest BCUT2D eigenvalue weighted by Gasteiger charge is 2.34. The molecule has 0 bridgehead atoms. The highest BCUT2D eigenvalue weighted by molar-refractivity contribution is 6.18. The highest BCUT2D eigenvalue weighted by Crippen LogP contribution is 2.37. The number of methoxy groups -OCH3 is 2. The average molecular weight is 314 g/mol. The number of rotatable bonds is 5. The number of carboxylic acid groups (broad SMARTS) is 1. The van der Waals surface area contributed by atoms with Gasteiger partial charge in [-0.3, -0.25) is 4.79 Å². The molecule has 21 heavy (non-hydrogen) atoms. The van der Waals surface area contributed by atoms with Crippen LogP contribution in [0.5, 0.6) is 11.5 Å². The van der Waals surface area contributed by atoms with E-state index >= 15 is 0 Å². The number of halogens is 1. The summed E-state index contributed by atoms with van der Waals surface area (Å²) >= 11 is 5.80. The summed E-state index contributed by atoms with van der Waals surface area (Å²) in [6.07, 6.45) is 0.308. The van der Waals surface area contributed by atoms with Gasteiger partial charge in [0.1, 0.15) is 17.1 Å². The van der Waals surface area contributed by atoms with E-state index in [9.17, 15) is 14.7 Å².